The molecule has 0 radical (unpaired) electrons. The van der Waals surface area contributed by atoms with Gasteiger partial charge in [0.1, 0.15) is 17.2 Å². The van der Waals surface area contributed by atoms with E-state index in [9.17, 15) is 13.2 Å². The second kappa shape index (κ2) is 10.4. The molecule has 7 nitrogen and oxygen atoms in total. The van der Waals surface area contributed by atoms with Gasteiger partial charge in [-0.05, 0) is 43.2 Å². The van der Waals surface area contributed by atoms with Crippen molar-refractivity contribution in [1.82, 2.24) is 0 Å². The molecule has 0 aliphatic carbocycles. The Morgan fingerprint density at radius 2 is 1.62 bits per heavy atom. The molecule has 2 rings (SSSR count). The number of unbranched alkanes of at least 4 members (excludes halogenated alkanes) is 1. The first-order chi connectivity index (χ1) is 13.9. The minimum absolute atomic E-state index is 0.0474. The van der Waals surface area contributed by atoms with Crippen LogP contribution in [0.2, 0.25) is 0 Å². The van der Waals surface area contributed by atoms with Crippen molar-refractivity contribution in [2.75, 3.05) is 31.9 Å². The van der Waals surface area contributed by atoms with Gasteiger partial charge in [0.05, 0.1) is 37.5 Å². The lowest BCUT2D eigenvalue weighted by Crippen LogP contribution is -2.14. The van der Waals surface area contributed by atoms with Gasteiger partial charge in [-0.25, -0.2) is 8.42 Å². The maximum Gasteiger partial charge on any atom is 0.262 e. The number of carbonyl (C=O) groups is 1. The van der Waals surface area contributed by atoms with Crippen molar-refractivity contribution in [3.63, 3.8) is 0 Å². The lowest BCUT2D eigenvalue weighted by atomic mass is 10.0. The third kappa shape index (κ3) is 5.77. The molecule has 0 spiro atoms. The Morgan fingerprint density at radius 3 is 2.17 bits per heavy atom. The highest BCUT2D eigenvalue weighted by molar-refractivity contribution is 7.92. The van der Waals surface area contributed by atoms with Crippen LogP contribution in [0, 0.1) is 0 Å². The number of hydrogen-bond donors (Lipinski definition) is 1. The molecular formula is C20H24ClNO6S. The summed E-state index contributed by atoms with van der Waals surface area (Å²) in [7, 11) is 0.427. The topological polar surface area (TPSA) is 90.9 Å². The molecule has 0 unspecified atom stereocenters. The van der Waals surface area contributed by atoms with Crippen LogP contribution < -0.4 is 18.9 Å². The molecule has 2 aromatic carbocycles. The summed E-state index contributed by atoms with van der Waals surface area (Å²) in [6.07, 6.45) is 1.62. The van der Waals surface area contributed by atoms with E-state index in [2.05, 4.69) is 4.72 Å². The molecule has 29 heavy (non-hydrogen) atoms. The Hall–Kier alpha value is -2.45. The number of nitrogens with one attached hydrogen (secondary N) is 1. The van der Waals surface area contributed by atoms with Crippen molar-refractivity contribution in [2.45, 2.75) is 24.2 Å². The van der Waals surface area contributed by atoms with E-state index in [1.54, 1.807) is 12.1 Å². The van der Waals surface area contributed by atoms with Gasteiger partial charge in [0.2, 0.25) is 0 Å². The summed E-state index contributed by atoms with van der Waals surface area (Å²) in [4.78, 5) is 12.6. The van der Waals surface area contributed by atoms with Gasteiger partial charge >= 0.3 is 0 Å². The second-order valence-corrected chi connectivity index (χ2v) is 8.16. The van der Waals surface area contributed by atoms with Crippen LogP contribution in [0.25, 0.3) is 0 Å². The second-order valence-electron chi connectivity index (χ2n) is 6.10. The molecule has 0 saturated heterocycles. The fourth-order valence-electron chi connectivity index (χ4n) is 2.67. The number of ether oxygens (including phenoxy) is 3. The summed E-state index contributed by atoms with van der Waals surface area (Å²) in [5, 5.41) is 0. The summed E-state index contributed by atoms with van der Waals surface area (Å²) in [6, 6.07) is 8.87. The summed E-state index contributed by atoms with van der Waals surface area (Å²) < 4.78 is 43.7. The minimum atomic E-state index is -3.91. The van der Waals surface area contributed by atoms with E-state index in [1.165, 1.54) is 45.6 Å². The Bertz CT molecular complexity index is 944. The zero-order chi connectivity index (χ0) is 21.4. The summed E-state index contributed by atoms with van der Waals surface area (Å²) >= 11 is 5.67. The molecule has 0 amide bonds. The number of ketones is 1. The molecule has 1 N–H and O–H groups in total. The average molecular weight is 442 g/mol. The smallest absolute Gasteiger partial charge is 0.262 e. The van der Waals surface area contributed by atoms with Crippen molar-refractivity contribution in [2.24, 2.45) is 0 Å². The molecule has 0 aliphatic heterocycles. The zero-order valence-electron chi connectivity index (χ0n) is 16.5. The molecule has 0 heterocycles. The maximum atomic E-state index is 12.8. The van der Waals surface area contributed by atoms with E-state index in [-0.39, 0.29) is 34.1 Å². The Labute approximate surface area is 176 Å². The van der Waals surface area contributed by atoms with E-state index < -0.39 is 10.0 Å². The highest BCUT2D eigenvalue weighted by Crippen LogP contribution is 2.35. The lowest BCUT2D eigenvalue weighted by molar-refractivity contribution is 0.0977. The molecule has 158 valence electrons. The summed E-state index contributed by atoms with van der Waals surface area (Å²) in [5.41, 5.74) is 0.417. The molecule has 0 aromatic heterocycles. The molecule has 0 fully saturated rings. The van der Waals surface area contributed by atoms with E-state index in [4.69, 9.17) is 25.8 Å². The Morgan fingerprint density at radius 1 is 0.966 bits per heavy atom. The highest BCUT2D eigenvalue weighted by Gasteiger charge is 2.21. The fourth-order valence-corrected chi connectivity index (χ4v) is 3.92. The predicted molar refractivity (Wildman–Crippen MR) is 112 cm³/mol. The molecular weight excluding hydrogens is 418 g/mol. The standard InChI is InChI=1S/C20H24ClNO6S/c1-26-14-7-9-15(10-8-14)29(24,25)22-17-12-16(18(23)6-4-5-11-21)19(27-2)13-20(17)28-3/h7-10,12-13,22H,4-6,11H2,1-3H3. The number of anilines is 1. The van der Waals surface area contributed by atoms with Gasteiger partial charge in [-0.15, -0.1) is 11.6 Å². The van der Waals surface area contributed by atoms with Crippen LogP contribution in [-0.2, 0) is 10.0 Å². The van der Waals surface area contributed by atoms with E-state index in [0.29, 0.717) is 30.2 Å². The quantitative estimate of drug-likeness (QED) is 0.320. The zero-order valence-corrected chi connectivity index (χ0v) is 18.1. The SMILES string of the molecule is COc1ccc(S(=O)(=O)Nc2cc(C(=O)CCCCCl)c(OC)cc2OC)cc1. The van der Waals surface area contributed by atoms with Crippen LogP contribution >= 0.6 is 11.6 Å². The van der Waals surface area contributed by atoms with Gasteiger partial charge in [-0.2, -0.15) is 0 Å². The summed E-state index contributed by atoms with van der Waals surface area (Å²) in [5.74, 6) is 1.39. The minimum Gasteiger partial charge on any atom is -0.497 e. The van der Waals surface area contributed by atoms with Crippen LogP contribution in [-0.4, -0.2) is 41.4 Å². The van der Waals surface area contributed by atoms with Crippen LogP contribution in [0.3, 0.4) is 0 Å². The highest BCUT2D eigenvalue weighted by atomic mass is 35.5. The summed E-state index contributed by atoms with van der Waals surface area (Å²) in [6.45, 7) is 0. The number of benzene rings is 2. The van der Waals surface area contributed by atoms with E-state index in [1.807, 2.05) is 0 Å². The number of methoxy groups -OCH3 is 3. The Kier molecular flexibility index (Phi) is 8.16. The van der Waals surface area contributed by atoms with Crippen LogP contribution in [0.15, 0.2) is 41.3 Å². The van der Waals surface area contributed by atoms with E-state index >= 15 is 0 Å². The van der Waals surface area contributed by atoms with Gasteiger partial charge in [0.25, 0.3) is 10.0 Å². The average Bonchev–Trinajstić information content (AvgIpc) is 2.73. The fraction of sp³-hybridized carbons (Fsp3) is 0.350. The van der Waals surface area contributed by atoms with Crippen LogP contribution in [0.1, 0.15) is 29.6 Å². The molecule has 0 saturated carbocycles. The maximum absolute atomic E-state index is 12.8. The van der Waals surface area contributed by atoms with Crippen molar-refractivity contribution in [3.05, 3.63) is 42.0 Å². The number of rotatable bonds is 11. The first kappa shape index (κ1) is 22.8. The number of Topliss-reactive ketones (excluding diaryl/α,β-unsaturated/α-hetero) is 1. The van der Waals surface area contributed by atoms with Crippen LogP contribution in [0.4, 0.5) is 5.69 Å². The van der Waals surface area contributed by atoms with Crippen molar-refractivity contribution in [3.8, 4) is 17.2 Å². The molecule has 2 aromatic rings. The van der Waals surface area contributed by atoms with Crippen LogP contribution in [0.5, 0.6) is 17.2 Å². The third-order valence-corrected chi connectivity index (χ3v) is 5.87. The van der Waals surface area contributed by atoms with Crippen molar-refractivity contribution in [1.29, 1.82) is 0 Å². The molecule has 0 aliphatic rings. The number of carbonyl (C=O) groups excluding carboxylic acids is 1. The van der Waals surface area contributed by atoms with Gasteiger partial charge in [0.15, 0.2) is 5.78 Å². The largest absolute Gasteiger partial charge is 0.497 e. The van der Waals surface area contributed by atoms with Crippen molar-refractivity contribution < 1.29 is 27.4 Å². The number of hydrogen-bond acceptors (Lipinski definition) is 6. The van der Waals surface area contributed by atoms with Gasteiger partial charge in [0, 0.05) is 18.4 Å². The monoisotopic (exact) mass is 441 g/mol. The first-order valence-electron chi connectivity index (χ1n) is 8.88. The number of halogens is 1. The van der Waals surface area contributed by atoms with Gasteiger partial charge in [-0.3, -0.25) is 9.52 Å². The normalized spacial score (nSPS) is 11.0. The third-order valence-electron chi connectivity index (χ3n) is 4.22. The number of alkyl halides is 1. The molecule has 9 heteroatoms. The van der Waals surface area contributed by atoms with Gasteiger partial charge < -0.3 is 14.2 Å². The number of sulfonamides is 1. The van der Waals surface area contributed by atoms with E-state index in [0.717, 1.165) is 0 Å². The molecule has 0 atom stereocenters. The lowest BCUT2D eigenvalue weighted by Gasteiger charge is -2.16. The predicted octanol–water partition coefficient (Wildman–Crippen LogP) is 4.11. The van der Waals surface area contributed by atoms with Crippen molar-refractivity contribution >= 4 is 33.1 Å². The first-order valence-corrected chi connectivity index (χ1v) is 10.9. The molecule has 0 bridgehead atoms. The Balaban J connectivity index is 2.39. The van der Waals surface area contributed by atoms with Gasteiger partial charge in [-0.1, -0.05) is 0 Å².